The van der Waals surface area contributed by atoms with Crippen LogP contribution in [0.1, 0.15) is 85.3 Å². The van der Waals surface area contributed by atoms with E-state index in [1.165, 1.54) is 12.7 Å². The summed E-state index contributed by atoms with van der Waals surface area (Å²) >= 11 is 0. The van der Waals surface area contributed by atoms with Crippen LogP contribution < -0.4 is 0 Å². The molecule has 6 heteroatoms. The Bertz CT molecular complexity index is 1010. The third-order valence-corrected chi connectivity index (χ3v) is 7.52. The van der Waals surface area contributed by atoms with Crippen molar-refractivity contribution in [2.24, 2.45) is 11.8 Å². The molecule has 1 aliphatic heterocycles. The zero-order valence-corrected chi connectivity index (χ0v) is 19.1. The molecule has 3 aliphatic rings. The molecule has 2 saturated carbocycles. The number of amides is 1. The predicted molar refractivity (Wildman–Crippen MR) is 122 cm³/mol. The van der Waals surface area contributed by atoms with Crippen LogP contribution in [0.3, 0.4) is 0 Å². The highest BCUT2D eigenvalue weighted by molar-refractivity contribution is 5.91. The molecule has 0 bridgehead atoms. The van der Waals surface area contributed by atoms with Gasteiger partial charge in [0.2, 0.25) is 5.91 Å². The lowest BCUT2D eigenvalue weighted by Gasteiger charge is -2.31. The standard InChI is InChI=1S/C26H33N3O3/c1-17-11-12-28(16-17)25(30)21-7-3-5-19(13-21)20-6-4-8-22(14-20)29-24(18-9-10-18)23(15-27-29)26(31)32-2/h4,6,8,14-15,17-19,21H,3,5,7,9-13,16H2,1-2H3. The fraction of sp³-hybridized carbons (Fsp3) is 0.577. The van der Waals surface area contributed by atoms with E-state index >= 15 is 0 Å². The number of esters is 1. The lowest BCUT2D eigenvalue weighted by atomic mass is 9.77. The first-order valence-electron chi connectivity index (χ1n) is 12.1. The summed E-state index contributed by atoms with van der Waals surface area (Å²) in [6.45, 7) is 4.07. The van der Waals surface area contributed by atoms with Crippen molar-refractivity contribution in [2.75, 3.05) is 20.2 Å². The molecule has 2 aliphatic carbocycles. The van der Waals surface area contributed by atoms with Crippen LogP contribution in [0.15, 0.2) is 30.5 Å². The van der Waals surface area contributed by atoms with Crippen molar-refractivity contribution in [2.45, 2.75) is 63.7 Å². The molecule has 0 N–H and O–H groups in total. The molecule has 32 heavy (non-hydrogen) atoms. The molecule has 3 fully saturated rings. The summed E-state index contributed by atoms with van der Waals surface area (Å²) < 4.78 is 6.90. The second-order valence-electron chi connectivity index (χ2n) is 9.95. The van der Waals surface area contributed by atoms with Crippen LogP contribution in [0.25, 0.3) is 5.69 Å². The highest BCUT2D eigenvalue weighted by atomic mass is 16.5. The topological polar surface area (TPSA) is 64.4 Å². The molecule has 3 unspecified atom stereocenters. The van der Waals surface area contributed by atoms with Crippen LogP contribution in [0.5, 0.6) is 0 Å². The molecule has 0 radical (unpaired) electrons. The normalized spacial score (nSPS) is 25.7. The zero-order valence-electron chi connectivity index (χ0n) is 19.1. The quantitative estimate of drug-likeness (QED) is 0.640. The van der Waals surface area contributed by atoms with Crippen LogP contribution >= 0.6 is 0 Å². The number of methoxy groups -OCH3 is 1. The second-order valence-corrected chi connectivity index (χ2v) is 9.95. The lowest BCUT2D eigenvalue weighted by Crippen LogP contribution is -2.36. The fourth-order valence-corrected chi connectivity index (χ4v) is 5.60. The maximum absolute atomic E-state index is 13.1. The van der Waals surface area contributed by atoms with Crippen molar-refractivity contribution >= 4 is 11.9 Å². The van der Waals surface area contributed by atoms with Gasteiger partial charge in [0.25, 0.3) is 0 Å². The van der Waals surface area contributed by atoms with E-state index < -0.39 is 0 Å². The van der Waals surface area contributed by atoms with E-state index in [-0.39, 0.29) is 11.9 Å². The van der Waals surface area contributed by atoms with Crippen LogP contribution in [-0.2, 0) is 9.53 Å². The monoisotopic (exact) mass is 435 g/mol. The molecule has 170 valence electrons. The van der Waals surface area contributed by atoms with E-state index in [9.17, 15) is 9.59 Å². The first kappa shape index (κ1) is 21.2. The minimum Gasteiger partial charge on any atom is -0.465 e. The predicted octanol–water partition coefficient (Wildman–Crippen LogP) is 4.68. The van der Waals surface area contributed by atoms with Gasteiger partial charge < -0.3 is 9.64 Å². The molecular formula is C26H33N3O3. The van der Waals surface area contributed by atoms with Gasteiger partial charge in [0, 0.05) is 24.9 Å². The Morgan fingerprint density at radius 1 is 1.09 bits per heavy atom. The van der Waals surface area contributed by atoms with Crippen LogP contribution in [-0.4, -0.2) is 46.8 Å². The number of hydrogen-bond donors (Lipinski definition) is 0. The number of carbonyl (C=O) groups excluding carboxylic acids is 2. The average molecular weight is 436 g/mol. The number of nitrogens with zero attached hydrogens (tertiary/aromatic N) is 3. The van der Waals surface area contributed by atoms with Gasteiger partial charge in [-0.1, -0.05) is 25.5 Å². The Labute approximate surface area is 189 Å². The molecule has 1 aromatic heterocycles. The Balaban J connectivity index is 1.37. The third-order valence-electron chi connectivity index (χ3n) is 7.52. The maximum atomic E-state index is 13.1. The van der Waals surface area contributed by atoms with E-state index in [4.69, 9.17) is 4.74 Å². The number of carbonyl (C=O) groups is 2. The van der Waals surface area contributed by atoms with E-state index in [1.54, 1.807) is 6.20 Å². The van der Waals surface area contributed by atoms with Gasteiger partial charge in [0.1, 0.15) is 5.56 Å². The Hall–Kier alpha value is -2.63. The van der Waals surface area contributed by atoms with Gasteiger partial charge in [-0.2, -0.15) is 5.10 Å². The van der Waals surface area contributed by atoms with Gasteiger partial charge in [0.15, 0.2) is 0 Å². The van der Waals surface area contributed by atoms with Crippen molar-refractivity contribution in [1.29, 1.82) is 0 Å². The SMILES string of the molecule is COC(=O)c1cnn(-c2cccc(C3CCCC(C(=O)N4CCC(C)C4)C3)c2)c1C1CC1. The summed E-state index contributed by atoms with van der Waals surface area (Å²) in [4.78, 5) is 27.4. The Morgan fingerprint density at radius 3 is 2.66 bits per heavy atom. The van der Waals surface area contributed by atoms with Crippen molar-refractivity contribution in [3.8, 4) is 5.69 Å². The number of likely N-dealkylation sites (tertiary alicyclic amines) is 1. The number of ether oxygens (including phenoxy) is 1. The lowest BCUT2D eigenvalue weighted by molar-refractivity contribution is -0.135. The maximum Gasteiger partial charge on any atom is 0.341 e. The zero-order chi connectivity index (χ0) is 22.2. The van der Waals surface area contributed by atoms with E-state index in [0.717, 1.165) is 69.4 Å². The summed E-state index contributed by atoms with van der Waals surface area (Å²) in [6.07, 6.45) is 9.07. The number of hydrogen-bond acceptors (Lipinski definition) is 4. The van der Waals surface area contributed by atoms with Gasteiger partial charge in [-0.15, -0.1) is 0 Å². The molecule has 1 aromatic carbocycles. The average Bonchev–Trinajstić information content (AvgIpc) is 3.42. The van der Waals surface area contributed by atoms with Crippen molar-refractivity contribution in [3.05, 3.63) is 47.3 Å². The van der Waals surface area contributed by atoms with E-state index in [0.29, 0.717) is 29.2 Å². The highest BCUT2D eigenvalue weighted by Crippen LogP contribution is 2.43. The summed E-state index contributed by atoms with van der Waals surface area (Å²) in [5.74, 6) is 1.56. The fourth-order valence-electron chi connectivity index (χ4n) is 5.60. The molecule has 1 amide bonds. The van der Waals surface area contributed by atoms with Gasteiger partial charge in [-0.3, -0.25) is 4.79 Å². The van der Waals surface area contributed by atoms with Crippen molar-refractivity contribution in [1.82, 2.24) is 14.7 Å². The Kier molecular flexibility index (Phi) is 5.78. The number of rotatable bonds is 5. The summed E-state index contributed by atoms with van der Waals surface area (Å²) in [5, 5.41) is 4.56. The van der Waals surface area contributed by atoms with Gasteiger partial charge in [-0.25, -0.2) is 9.48 Å². The largest absolute Gasteiger partial charge is 0.465 e. The van der Waals surface area contributed by atoms with Gasteiger partial charge >= 0.3 is 5.97 Å². The smallest absolute Gasteiger partial charge is 0.341 e. The minimum absolute atomic E-state index is 0.139. The molecular weight excluding hydrogens is 402 g/mol. The first-order valence-corrected chi connectivity index (χ1v) is 12.1. The van der Waals surface area contributed by atoms with Crippen LogP contribution in [0, 0.1) is 11.8 Å². The van der Waals surface area contributed by atoms with Gasteiger partial charge in [-0.05, 0) is 68.1 Å². The molecule has 5 rings (SSSR count). The summed E-state index contributed by atoms with van der Waals surface area (Å²) in [6, 6.07) is 8.52. The molecule has 2 aromatic rings. The summed E-state index contributed by atoms with van der Waals surface area (Å²) in [5.41, 5.74) is 3.80. The Morgan fingerprint density at radius 2 is 1.94 bits per heavy atom. The molecule has 3 atom stereocenters. The molecule has 2 heterocycles. The third kappa shape index (κ3) is 4.07. The van der Waals surface area contributed by atoms with E-state index in [1.807, 2.05) is 4.68 Å². The minimum atomic E-state index is -0.320. The van der Waals surface area contributed by atoms with Crippen molar-refractivity contribution in [3.63, 3.8) is 0 Å². The number of aromatic nitrogens is 2. The number of benzene rings is 1. The highest BCUT2D eigenvalue weighted by Gasteiger charge is 2.35. The molecule has 0 spiro atoms. The summed E-state index contributed by atoms with van der Waals surface area (Å²) in [7, 11) is 1.42. The van der Waals surface area contributed by atoms with E-state index in [2.05, 4.69) is 41.2 Å². The van der Waals surface area contributed by atoms with Gasteiger partial charge in [0.05, 0.1) is 24.7 Å². The van der Waals surface area contributed by atoms with Crippen LogP contribution in [0.2, 0.25) is 0 Å². The van der Waals surface area contributed by atoms with Crippen molar-refractivity contribution < 1.29 is 14.3 Å². The molecule has 1 saturated heterocycles. The first-order chi connectivity index (χ1) is 15.5. The van der Waals surface area contributed by atoms with Crippen LogP contribution in [0.4, 0.5) is 0 Å². The second kappa shape index (κ2) is 8.72. The molecule has 6 nitrogen and oxygen atoms in total.